The van der Waals surface area contributed by atoms with Crippen molar-refractivity contribution in [3.05, 3.63) is 103 Å². The molecule has 1 aromatic heterocycles. The number of nitrogens with zero attached hydrogens (tertiary/aromatic N) is 2. The molecule has 0 unspecified atom stereocenters. The Kier molecular flexibility index (Phi) is 5.78. The van der Waals surface area contributed by atoms with Crippen molar-refractivity contribution in [3.63, 3.8) is 0 Å². The monoisotopic (exact) mass is 466 g/mol. The second kappa shape index (κ2) is 8.53. The fourth-order valence-corrected chi connectivity index (χ4v) is 3.97. The normalized spacial score (nSPS) is 11.1. The molecule has 4 rings (SSSR count). The first-order valence-corrected chi connectivity index (χ1v) is 10.4. The number of imidazole rings is 1. The van der Waals surface area contributed by atoms with Crippen LogP contribution in [0.4, 0.5) is 0 Å². The van der Waals surface area contributed by atoms with E-state index < -0.39 is 0 Å². The van der Waals surface area contributed by atoms with E-state index in [0.717, 1.165) is 11.1 Å². The number of rotatable bonds is 6. The van der Waals surface area contributed by atoms with Gasteiger partial charge in [-0.2, -0.15) is 0 Å². The molecule has 0 spiro atoms. The number of halogens is 2. The lowest BCUT2D eigenvalue weighted by molar-refractivity contribution is 0.701. The van der Waals surface area contributed by atoms with Crippen LogP contribution in [0, 0.1) is 10.8 Å². The zero-order chi connectivity index (χ0) is 23.0. The standard InChI is InChI=1S/C23H20Cl2N6O/c24-17-9-19-20(10-18(17)25)31(12-14-4-2-6-16(8-14)22(28)29)23(32)30(19)11-13-3-1-5-15(7-13)21(26)27/h1-10H,11-12H2,(H3,26,27)(H3,28,29). The summed E-state index contributed by atoms with van der Waals surface area (Å²) in [7, 11) is 0. The summed E-state index contributed by atoms with van der Waals surface area (Å²) in [4.78, 5) is 13.5. The first-order valence-electron chi connectivity index (χ1n) is 9.69. The van der Waals surface area contributed by atoms with Crippen LogP contribution in [0.5, 0.6) is 0 Å². The Labute approximate surface area is 193 Å². The van der Waals surface area contributed by atoms with Crippen molar-refractivity contribution in [1.29, 1.82) is 10.8 Å². The average molecular weight is 467 g/mol. The summed E-state index contributed by atoms with van der Waals surface area (Å²) in [5, 5.41) is 16.0. The molecule has 0 aliphatic heterocycles. The second-order valence-corrected chi connectivity index (χ2v) is 8.25. The average Bonchev–Trinajstić information content (AvgIpc) is 2.99. The molecular formula is C23H20Cl2N6O. The van der Waals surface area contributed by atoms with Crippen LogP contribution in [0.2, 0.25) is 10.0 Å². The minimum absolute atomic E-state index is 0.0400. The van der Waals surface area contributed by atoms with Crippen LogP contribution in [0.3, 0.4) is 0 Å². The van der Waals surface area contributed by atoms with Gasteiger partial charge in [-0.15, -0.1) is 0 Å². The number of fused-ring (bicyclic) bond motifs is 1. The SMILES string of the molecule is N=C(N)c1cccc(Cn2c(=O)n(Cc3cccc(C(=N)N)c3)c3cc(Cl)c(Cl)cc32)c1. The van der Waals surface area contributed by atoms with Gasteiger partial charge in [0.1, 0.15) is 11.7 Å². The van der Waals surface area contributed by atoms with E-state index in [1.807, 2.05) is 12.1 Å². The van der Waals surface area contributed by atoms with Gasteiger partial charge in [0.2, 0.25) is 0 Å². The molecule has 32 heavy (non-hydrogen) atoms. The van der Waals surface area contributed by atoms with Crippen LogP contribution < -0.4 is 17.2 Å². The molecule has 0 saturated carbocycles. The van der Waals surface area contributed by atoms with Gasteiger partial charge in [-0.1, -0.05) is 59.6 Å². The zero-order valence-electron chi connectivity index (χ0n) is 16.9. The third-order valence-electron chi connectivity index (χ3n) is 5.22. The predicted molar refractivity (Wildman–Crippen MR) is 129 cm³/mol. The molecule has 9 heteroatoms. The van der Waals surface area contributed by atoms with Gasteiger partial charge in [-0.3, -0.25) is 20.0 Å². The Morgan fingerprint density at radius 2 is 1.16 bits per heavy atom. The van der Waals surface area contributed by atoms with Crippen molar-refractivity contribution in [2.75, 3.05) is 0 Å². The largest absolute Gasteiger partial charge is 0.384 e. The molecule has 7 nitrogen and oxygen atoms in total. The number of nitrogens with one attached hydrogen (secondary N) is 2. The molecule has 0 aliphatic rings. The fourth-order valence-electron chi connectivity index (χ4n) is 3.66. The van der Waals surface area contributed by atoms with Crippen molar-refractivity contribution >= 4 is 45.9 Å². The summed E-state index contributed by atoms with van der Waals surface area (Å²) in [6.45, 7) is 0.545. The molecule has 6 N–H and O–H groups in total. The fraction of sp³-hybridized carbons (Fsp3) is 0.0870. The summed E-state index contributed by atoms with van der Waals surface area (Å²) in [5.41, 5.74) is 15.1. The lowest BCUT2D eigenvalue weighted by Crippen LogP contribution is -2.25. The third-order valence-corrected chi connectivity index (χ3v) is 5.94. The lowest BCUT2D eigenvalue weighted by atomic mass is 10.1. The van der Waals surface area contributed by atoms with E-state index in [1.54, 1.807) is 57.7 Å². The van der Waals surface area contributed by atoms with Gasteiger partial charge in [0.25, 0.3) is 0 Å². The maximum atomic E-state index is 13.5. The van der Waals surface area contributed by atoms with Gasteiger partial charge in [-0.25, -0.2) is 4.79 Å². The summed E-state index contributed by atoms with van der Waals surface area (Å²) in [6, 6.07) is 17.8. The Morgan fingerprint density at radius 1 is 0.750 bits per heavy atom. The second-order valence-electron chi connectivity index (χ2n) is 7.44. The molecule has 0 bridgehead atoms. The summed E-state index contributed by atoms with van der Waals surface area (Å²) in [5.74, 6) is -0.0800. The molecule has 162 valence electrons. The van der Waals surface area contributed by atoms with E-state index in [0.29, 0.717) is 32.2 Å². The van der Waals surface area contributed by atoms with Crippen LogP contribution in [0.15, 0.2) is 65.5 Å². The van der Waals surface area contributed by atoms with Crippen LogP contribution in [0.25, 0.3) is 11.0 Å². The van der Waals surface area contributed by atoms with Crippen molar-refractivity contribution < 1.29 is 0 Å². The minimum atomic E-state index is -0.236. The molecule has 1 heterocycles. The molecule has 0 amide bonds. The molecule has 0 radical (unpaired) electrons. The topological polar surface area (TPSA) is 127 Å². The molecular weight excluding hydrogens is 447 g/mol. The number of amidine groups is 2. The molecule has 0 fully saturated rings. The Balaban J connectivity index is 1.85. The zero-order valence-corrected chi connectivity index (χ0v) is 18.4. The minimum Gasteiger partial charge on any atom is -0.384 e. The van der Waals surface area contributed by atoms with Crippen molar-refractivity contribution in [3.8, 4) is 0 Å². The van der Waals surface area contributed by atoms with E-state index >= 15 is 0 Å². The van der Waals surface area contributed by atoms with E-state index in [1.165, 1.54) is 0 Å². The van der Waals surface area contributed by atoms with Crippen molar-refractivity contribution in [1.82, 2.24) is 9.13 Å². The number of nitrogens with two attached hydrogens (primary N) is 2. The van der Waals surface area contributed by atoms with E-state index in [-0.39, 0.29) is 30.5 Å². The highest BCUT2D eigenvalue weighted by atomic mass is 35.5. The number of aromatic nitrogens is 2. The Hall–Kier alpha value is -3.55. The highest BCUT2D eigenvalue weighted by Gasteiger charge is 2.17. The van der Waals surface area contributed by atoms with Gasteiger partial charge in [0, 0.05) is 11.1 Å². The molecule has 0 aliphatic carbocycles. The summed E-state index contributed by atoms with van der Waals surface area (Å²) in [6.07, 6.45) is 0. The van der Waals surface area contributed by atoms with Gasteiger partial charge in [0.15, 0.2) is 0 Å². The molecule has 0 saturated heterocycles. The van der Waals surface area contributed by atoms with E-state index in [2.05, 4.69) is 0 Å². The first-order chi connectivity index (χ1) is 15.2. The predicted octanol–water partition coefficient (Wildman–Crippen LogP) is 3.77. The van der Waals surface area contributed by atoms with Crippen LogP contribution >= 0.6 is 23.2 Å². The van der Waals surface area contributed by atoms with Crippen molar-refractivity contribution in [2.45, 2.75) is 13.1 Å². The molecule has 4 aromatic rings. The van der Waals surface area contributed by atoms with E-state index in [9.17, 15) is 4.79 Å². The van der Waals surface area contributed by atoms with Crippen LogP contribution in [-0.2, 0) is 13.1 Å². The number of nitrogen functional groups attached to an aromatic ring is 2. The first kappa shape index (κ1) is 21.7. The smallest absolute Gasteiger partial charge is 0.329 e. The highest BCUT2D eigenvalue weighted by molar-refractivity contribution is 6.42. The van der Waals surface area contributed by atoms with Crippen LogP contribution in [-0.4, -0.2) is 20.8 Å². The van der Waals surface area contributed by atoms with Gasteiger partial charge >= 0.3 is 5.69 Å². The van der Waals surface area contributed by atoms with Gasteiger partial charge in [0.05, 0.1) is 34.2 Å². The Bertz CT molecular complexity index is 1330. The maximum Gasteiger partial charge on any atom is 0.329 e. The van der Waals surface area contributed by atoms with Gasteiger partial charge < -0.3 is 11.5 Å². The quantitative estimate of drug-likeness (QED) is 0.255. The Morgan fingerprint density at radius 3 is 1.53 bits per heavy atom. The highest BCUT2D eigenvalue weighted by Crippen LogP contribution is 2.28. The summed E-state index contributed by atoms with van der Waals surface area (Å²) < 4.78 is 3.23. The summed E-state index contributed by atoms with van der Waals surface area (Å²) >= 11 is 12.5. The third kappa shape index (κ3) is 4.12. The number of hydrogen-bond donors (Lipinski definition) is 4. The van der Waals surface area contributed by atoms with Crippen molar-refractivity contribution in [2.24, 2.45) is 11.5 Å². The molecule has 0 atom stereocenters. The molecule has 3 aromatic carbocycles. The van der Waals surface area contributed by atoms with E-state index in [4.69, 9.17) is 45.5 Å². The van der Waals surface area contributed by atoms with Gasteiger partial charge in [-0.05, 0) is 35.4 Å². The number of hydrogen-bond acceptors (Lipinski definition) is 3. The number of benzene rings is 3. The maximum absolute atomic E-state index is 13.5. The lowest BCUT2D eigenvalue weighted by Gasteiger charge is -2.07. The van der Waals surface area contributed by atoms with Crippen LogP contribution in [0.1, 0.15) is 22.3 Å².